The van der Waals surface area contributed by atoms with Gasteiger partial charge in [-0.25, -0.2) is 9.97 Å². The van der Waals surface area contributed by atoms with Gasteiger partial charge in [-0.05, 0) is 149 Å². The van der Waals surface area contributed by atoms with Crippen molar-refractivity contribution >= 4 is 45.3 Å². The zero-order chi connectivity index (χ0) is 33.2. The minimum absolute atomic E-state index is 0.185. The highest BCUT2D eigenvalue weighted by atomic mass is 16.2. The number of aromatic nitrogens is 4. The van der Waals surface area contributed by atoms with Gasteiger partial charge in [-0.15, -0.1) is 0 Å². The van der Waals surface area contributed by atoms with Crippen LogP contribution in [0.15, 0.2) is 60.7 Å². The molecule has 0 spiro atoms. The van der Waals surface area contributed by atoms with Crippen molar-refractivity contribution in [1.82, 2.24) is 19.9 Å². The van der Waals surface area contributed by atoms with Crippen molar-refractivity contribution < 1.29 is 9.59 Å². The lowest BCUT2D eigenvalue weighted by molar-refractivity contribution is -0.141. The number of carbonyl (C=O) groups excluding carboxylic acids is 2. The minimum Gasteiger partial charge on any atom is -0.338 e. The van der Waals surface area contributed by atoms with Crippen molar-refractivity contribution in [3.63, 3.8) is 0 Å². The maximum atomic E-state index is 13.7. The molecule has 0 unspecified atom stereocenters. The van der Waals surface area contributed by atoms with Crippen LogP contribution in [0.1, 0.15) is 77.0 Å². The molecule has 2 heterocycles. The molecule has 50 heavy (non-hydrogen) atoms. The summed E-state index contributed by atoms with van der Waals surface area (Å²) < 4.78 is 0. The molecule has 0 saturated heterocycles. The fourth-order valence-electron chi connectivity index (χ4n) is 12.6. The molecule has 254 valence electrons. The molecule has 8 aliphatic rings. The summed E-state index contributed by atoms with van der Waals surface area (Å²) in [5.41, 5.74) is 6.65. The van der Waals surface area contributed by atoms with Gasteiger partial charge in [-0.2, -0.15) is 0 Å². The number of rotatable bonds is 6. The van der Waals surface area contributed by atoms with E-state index in [1.165, 1.54) is 38.5 Å². The molecule has 8 fully saturated rings. The van der Waals surface area contributed by atoms with Gasteiger partial charge in [-0.1, -0.05) is 24.3 Å². The highest BCUT2D eigenvalue weighted by Gasteiger charge is 2.55. The van der Waals surface area contributed by atoms with Crippen LogP contribution < -0.4 is 10.6 Å². The number of carbonyl (C=O) groups is 2. The van der Waals surface area contributed by atoms with Crippen LogP contribution in [0.3, 0.4) is 0 Å². The normalized spacial score (nSPS) is 33.4. The second-order valence-electron chi connectivity index (χ2n) is 17.5. The van der Waals surface area contributed by atoms with Gasteiger partial charge in [-0.3, -0.25) is 9.59 Å². The predicted molar refractivity (Wildman–Crippen MR) is 195 cm³/mol. The Bertz CT molecular complexity index is 1980. The number of fused-ring (bicyclic) bond motifs is 2. The Balaban J connectivity index is 0.847. The number of hydrogen-bond donors (Lipinski definition) is 4. The SMILES string of the molecule is O=C(Nc1ccc2nc(-c3ccccc3-c3nc4ccc(NC(=O)C56CC7CC(CC(C7)C5)C6)cc4[nH]3)[nH]c2c1)C12CC3CC(CC(C3)C1)C2. The monoisotopic (exact) mass is 664 g/mol. The fourth-order valence-corrected chi connectivity index (χ4v) is 12.6. The minimum atomic E-state index is -0.185. The summed E-state index contributed by atoms with van der Waals surface area (Å²) in [5, 5.41) is 6.63. The Kier molecular flexibility index (Phi) is 6.17. The van der Waals surface area contributed by atoms with Gasteiger partial charge in [0, 0.05) is 22.5 Å². The number of H-pyrrole nitrogens is 2. The van der Waals surface area contributed by atoms with E-state index in [1.807, 2.05) is 48.5 Å². The fraction of sp³-hybridized carbons (Fsp3) is 0.476. The third-order valence-corrected chi connectivity index (χ3v) is 14.0. The first-order chi connectivity index (χ1) is 24.3. The van der Waals surface area contributed by atoms with Gasteiger partial charge < -0.3 is 20.6 Å². The van der Waals surface area contributed by atoms with Crippen LogP contribution in [0.5, 0.6) is 0 Å². The number of imidazole rings is 2. The van der Waals surface area contributed by atoms with E-state index >= 15 is 0 Å². The van der Waals surface area contributed by atoms with E-state index < -0.39 is 0 Å². The second kappa shape index (κ2) is 10.5. The first-order valence-electron chi connectivity index (χ1n) is 19.1. The van der Waals surface area contributed by atoms with E-state index in [9.17, 15) is 9.59 Å². The van der Waals surface area contributed by atoms with Gasteiger partial charge in [0.05, 0.1) is 32.9 Å². The lowest BCUT2D eigenvalue weighted by Gasteiger charge is -2.55. The Hall–Kier alpha value is -4.46. The van der Waals surface area contributed by atoms with E-state index in [-0.39, 0.29) is 22.6 Å². The molecule has 0 atom stereocenters. The van der Waals surface area contributed by atoms with Crippen LogP contribution >= 0.6 is 0 Å². The van der Waals surface area contributed by atoms with Gasteiger partial charge in [0.2, 0.25) is 11.8 Å². The van der Waals surface area contributed by atoms with Crippen molar-refractivity contribution in [2.45, 2.75) is 77.0 Å². The third kappa shape index (κ3) is 4.62. The smallest absolute Gasteiger partial charge is 0.230 e. The van der Waals surface area contributed by atoms with Crippen molar-refractivity contribution in [3.05, 3.63) is 60.7 Å². The molecule has 8 saturated carbocycles. The van der Waals surface area contributed by atoms with Crippen molar-refractivity contribution in [3.8, 4) is 22.8 Å². The van der Waals surface area contributed by atoms with Crippen LogP contribution in [0.2, 0.25) is 0 Å². The quantitative estimate of drug-likeness (QED) is 0.145. The number of benzene rings is 3. The zero-order valence-electron chi connectivity index (χ0n) is 28.4. The van der Waals surface area contributed by atoms with Gasteiger partial charge in [0.25, 0.3) is 0 Å². The van der Waals surface area contributed by atoms with E-state index in [1.54, 1.807) is 0 Å². The van der Waals surface area contributed by atoms with Crippen LogP contribution in [-0.2, 0) is 9.59 Å². The molecule has 8 nitrogen and oxygen atoms in total. The molecular weight excluding hydrogens is 621 g/mol. The Morgan fingerprint density at radius 3 is 1.26 bits per heavy atom. The van der Waals surface area contributed by atoms with Gasteiger partial charge in [0.1, 0.15) is 11.6 Å². The molecule has 8 bridgehead atoms. The molecule has 3 aromatic carbocycles. The maximum absolute atomic E-state index is 13.7. The first-order valence-corrected chi connectivity index (χ1v) is 19.1. The highest BCUT2D eigenvalue weighted by Crippen LogP contribution is 2.61. The summed E-state index contributed by atoms with van der Waals surface area (Å²) in [6.45, 7) is 0. The summed E-state index contributed by atoms with van der Waals surface area (Å²) in [5.74, 6) is 6.32. The van der Waals surface area contributed by atoms with Gasteiger partial charge in [0.15, 0.2) is 0 Å². The predicted octanol–water partition coefficient (Wildman–Crippen LogP) is 9.08. The van der Waals surface area contributed by atoms with Crippen LogP contribution in [0.25, 0.3) is 44.8 Å². The number of anilines is 2. The highest BCUT2D eigenvalue weighted by molar-refractivity contribution is 5.99. The van der Waals surface area contributed by atoms with E-state index in [0.717, 1.165) is 130 Å². The standard InChI is InChI=1S/C42H44N6O2/c49-39(41-17-23-9-24(18-41)11-25(10-23)19-41)43-29-5-7-33-35(15-29)47-37(45-33)31-3-1-2-4-32(31)38-46-34-8-6-30(16-36(34)48-38)44-40(50)42-20-26-12-27(21-42)14-28(13-26)22-42/h1-8,15-16,23-28H,9-14,17-22H2,(H,43,49)(H,44,50)(H,45,47)(H,46,48). The number of aromatic amines is 2. The van der Waals surface area contributed by atoms with Crippen LogP contribution in [0.4, 0.5) is 11.4 Å². The lowest BCUT2D eigenvalue weighted by atomic mass is 9.49. The molecule has 13 rings (SSSR count). The Morgan fingerprint density at radius 2 is 0.900 bits per heavy atom. The number of hydrogen-bond acceptors (Lipinski definition) is 4. The number of amides is 2. The van der Waals surface area contributed by atoms with Crippen LogP contribution in [-0.4, -0.2) is 31.8 Å². The summed E-state index contributed by atoms with van der Waals surface area (Å²) in [6, 6.07) is 20.2. The summed E-state index contributed by atoms with van der Waals surface area (Å²) in [7, 11) is 0. The molecule has 0 radical (unpaired) electrons. The topological polar surface area (TPSA) is 116 Å². The molecule has 8 aliphatic carbocycles. The molecule has 4 N–H and O–H groups in total. The van der Waals surface area contributed by atoms with Crippen molar-refractivity contribution in [2.75, 3.05) is 10.6 Å². The van der Waals surface area contributed by atoms with Gasteiger partial charge >= 0.3 is 0 Å². The number of nitrogens with zero attached hydrogens (tertiary/aromatic N) is 2. The second-order valence-corrected chi connectivity index (χ2v) is 17.5. The molecule has 5 aromatic rings. The van der Waals surface area contributed by atoms with Crippen molar-refractivity contribution in [2.24, 2.45) is 46.3 Å². The summed E-state index contributed by atoms with van der Waals surface area (Å²) >= 11 is 0. The number of nitrogens with one attached hydrogen (secondary N) is 4. The van der Waals surface area contributed by atoms with E-state index in [0.29, 0.717) is 0 Å². The Morgan fingerprint density at radius 1 is 0.540 bits per heavy atom. The molecule has 8 heteroatoms. The van der Waals surface area contributed by atoms with Crippen molar-refractivity contribution in [1.29, 1.82) is 0 Å². The molecule has 2 amide bonds. The average Bonchev–Trinajstić information content (AvgIpc) is 3.71. The lowest BCUT2D eigenvalue weighted by Crippen LogP contribution is -2.51. The van der Waals surface area contributed by atoms with E-state index in [2.05, 4.69) is 32.7 Å². The van der Waals surface area contributed by atoms with Crippen LogP contribution in [0, 0.1) is 46.3 Å². The third-order valence-electron chi connectivity index (χ3n) is 14.0. The maximum Gasteiger partial charge on any atom is 0.230 e. The zero-order valence-corrected chi connectivity index (χ0v) is 28.4. The Labute approximate surface area is 291 Å². The first kappa shape index (κ1) is 29.3. The molecule has 2 aromatic heterocycles. The molecular formula is C42H44N6O2. The summed E-state index contributed by atoms with van der Waals surface area (Å²) in [6.07, 6.45) is 14.3. The van der Waals surface area contributed by atoms with E-state index in [4.69, 9.17) is 9.97 Å². The average molecular weight is 665 g/mol. The largest absolute Gasteiger partial charge is 0.338 e. The molecule has 0 aliphatic heterocycles. The summed E-state index contributed by atoms with van der Waals surface area (Å²) in [4.78, 5) is 44.5.